The fourth-order valence-electron chi connectivity index (χ4n) is 2.92. The standard InChI is InChI=1S/C17H20FN3O2S/c18-13-1-3-15(4-2-13)23-10-16-20-14(11-24-16)9-21-7-5-12(6-8-21)17(19)22/h1-4,11-12H,5-10H2,(H2,19,22)/p+1. The fraction of sp³-hybridized carbons (Fsp3) is 0.412. The van der Waals surface area contributed by atoms with Crippen molar-refractivity contribution in [3.8, 4) is 5.75 Å². The van der Waals surface area contributed by atoms with Crippen LogP contribution in [-0.2, 0) is 17.9 Å². The molecule has 24 heavy (non-hydrogen) atoms. The molecular formula is C17H21FN3O2S+. The van der Waals surface area contributed by atoms with E-state index in [1.807, 2.05) is 0 Å². The molecule has 1 saturated heterocycles. The number of amides is 1. The van der Waals surface area contributed by atoms with E-state index in [2.05, 4.69) is 10.4 Å². The number of rotatable bonds is 6. The Morgan fingerprint density at radius 3 is 2.71 bits per heavy atom. The lowest BCUT2D eigenvalue weighted by Crippen LogP contribution is -3.11. The largest absolute Gasteiger partial charge is 0.486 e. The van der Waals surface area contributed by atoms with Crippen LogP contribution in [0.1, 0.15) is 23.5 Å². The summed E-state index contributed by atoms with van der Waals surface area (Å²) in [6.45, 7) is 3.15. The summed E-state index contributed by atoms with van der Waals surface area (Å²) < 4.78 is 18.5. The van der Waals surface area contributed by atoms with Crippen LogP contribution in [0.5, 0.6) is 5.75 Å². The minimum atomic E-state index is -0.276. The molecule has 3 N–H and O–H groups in total. The number of quaternary nitrogens is 1. The maximum atomic E-state index is 12.9. The van der Waals surface area contributed by atoms with Crippen molar-refractivity contribution in [2.24, 2.45) is 11.7 Å². The molecule has 0 unspecified atom stereocenters. The number of thiazole rings is 1. The number of halogens is 1. The molecule has 2 heterocycles. The fourth-order valence-corrected chi connectivity index (χ4v) is 3.62. The topological polar surface area (TPSA) is 69.7 Å². The Balaban J connectivity index is 1.47. The highest BCUT2D eigenvalue weighted by Gasteiger charge is 2.26. The van der Waals surface area contributed by atoms with Gasteiger partial charge < -0.3 is 15.4 Å². The molecule has 1 aliphatic rings. The van der Waals surface area contributed by atoms with Gasteiger partial charge in [0.2, 0.25) is 5.91 Å². The Bertz CT molecular complexity index is 681. The minimum absolute atomic E-state index is 0.0313. The zero-order valence-corrected chi connectivity index (χ0v) is 14.2. The number of primary amides is 1. The number of aromatic nitrogens is 1. The van der Waals surface area contributed by atoms with Gasteiger partial charge in [0, 0.05) is 24.1 Å². The van der Waals surface area contributed by atoms with Gasteiger partial charge in [0.15, 0.2) is 0 Å². The number of carbonyl (C=O) groups excluding carboxylic acids is 1. The molecular weight excluding hydrogens is 329 g/mol. The van der Waals surface area contributed by atoms with Crippen molar-refractivity contribution in [1.82, 2.24) is 4.98 Å². The highest BCUT2D eigenvalue weighted by atomic mass is 32.1. The summed E-state index contributed by atoms with van der Waals surface area (Å²) >= 11 is 1.57. The lowest BCUT2D eigenvalue weighted by atomic mass is 9.96. The molecule has 0 spiro atoms. The van der Waals surface area contributed by atoms with Gasteiger partial charge in [0.05, 0.1) is 13.1 Å². The summed E-state index contributed by atoms with van der Waals surface area (Å²) in [5, 5.41) is 2.96. The number of likely N-dealkylation sites (tertiary alicyclic amines) is 1. The quantitative estimate of drug-likeness (QED) is 0.821. The Kier molecular flexibility index (Phi) is 5.42. The number of benzene rings is 1. The first-order valence-electron chi connectivity index (χ1n) is 8.04. The lowest BCUT2D eigenvalue weighted by Gasteiger charge is -2.27. The molecule has 1 fully saturated rings. The van der Waals surface area contributed by atoms with Gasteiger partial charge in [-0.25, -0.2) is 9.37 Å². The van der Waals surface area contributed by atoms with Gasteiger partial charge >= 0.3 is 0 Å². The van der Waals surface area contributed by atoms with E-state index in [0.717, 1.165) is 43.2 Å². The van der Waals surface area contributed by atoms with Crippen LogP contribution in [0, 0.1) is 11.7 Å². The number of piperidine rings is 1. The van der Waals surface area contributed by atoms with E-state index in [1.165, 1.54) is 17.0 Å². The monoisotopic (exact) mass is 350 g/mol. The van der Waals surface area contributed by atoms with Crippen molar-refractivity contribution in [2.75, 3.05) is 13.1 Å². The van der Waals surface area contributed by atoms with Crippen LogP contribution in [0.4, 0.5) is 4.39 Å². The number of nitrogens with zero attached hydrogens (tertiary/aromatic N) is 1. The van der Waals surface area contributed by atoms with Gasteiger partial charge in [0.1, 0.15) is 35.4 Å². The highest BCUT2D eigenvalue weighted by molar-refractivity contribution is 7.09. The van der Waals surface area contributed by atoms with Crippen molar-refractivity contribution in [3.05, 3.63) is 46.2 Å². The minimum Gasteiger partial charge on any atom is -0.486 e. The normalized spacial score (nSPS) is 20.7. The van der Waals surface area contributed by atoms with Crippen molar-refractivity contribution in [1.29, 1.82) is 0 Å². The molecule has 0 atom stereocenters. The number of nitrogens with one attached hydrogen (secondary N) is 1. The second kappa shape index (κ2) is 7.72. The van der Waals surface area contributed by atoms with Crippen LogP contribution in [0.3, 0.4) is 0 Å². The summed E-state index contributed by atoms with van der Waals surface area (Å²) in [7, 11) is 0. The Morgan fingerprint density at radius 2 is 2.04 bits per heavy atom. The van der Waals surface area contributed by atoms with E-state index < -0.39 is 0 Å². The van der Waals surface area contributed by atoms with Gasteiger partial charge in [-0.2, -0.15) is 0 Å². The molecule has 1 aromatic heterocycles. The van der Waals surface area contributed by atoms with Crippen LogP contribution in [0.25, 0.3) is 0 Å². The number of ether oxygens (including phenoxy) is 1. The summed E-state index contributed by atoms with van der Waals surface area (Å²) in [5.41, 5.74) is 6.41. The molecule has 1 aliphatic heterocycles. The predicted molar refractivity (Wildman–Crippen MR) is 89.2 cm³/mol. The molecule has 1 aromatic carbocycles. The Labute approximate surface area is 144 Å². The van der Waals surface area contributed by atoms with E-state index in [4.69, 9.17) is 10.5 Å². The third kappa shape index (κ3) is 4.52. The molecule has 0 radical (unpaired) electrons. The van der Waals surface area contributed by atoms with Crippen LogP contribution in [-0.4, -0.2) is 24.0 Å². The van der Waals surface area contributed by atoms with E-state index in [0.29, 0.717) is 12.4 Å². The van der Waals surface area contributed by atoms with Gasteiger partial charge in [-0.05, 0) is 24.3 Å². The van der Waals surface area contributed by atoms with E-state index in [9.17, 15) is 9.18 Å². The number of carbonyl (C=O) groups is 1. The SMILES string of the molecule is NC(=O)C1CC[NH+](Cc2csc(COc3ccc(F)cc3)n2)CC1. The van der Waals surface area contributed by atoms with Crippen LogP contribution in [0.15, 0.2) is 29.6 Å². The summed E-state index contributed by atoms with van der Waals surface area (Å²) in [6, 6.07) is 5.97. The van der Waals surface area contributed by atoms with Crippen molar-refractivity contribution < 1.29 is 18.8 Å². The number of nitrogens with two attached hydrogens (primary N) is 1. The predicted octanol–water partition coefficient (Wildman–Crippen LogP) is 1.14. The lowest BCUT2D eigenvalue weighted by molar-refractivity contribution is -0.919. The summed E-state index contributed by atoms with van der Waals surface area (Å²) in [5.74, 6) is 0.209. The van der Waals surface area contributed by atoms with Crippen molar-refractivity contribution in [2.45, 2.75) is 26.0 Å². The smallest absolute Gasteiger partial charge is 0.220 e. The van der Waals surface area contributed by atoms with Crippen LogP contribution in [0.2, 0.25) is 0 Å². The van der Waals surface area contributed by atoms with Gasteiger partial charge in [-0.1, -0.05) is 0 Å². The Hall–Kier alpha value is -1.99. The molecule has 2 aromatic rings. The van der Waals surface area contributed by atoms with Gasteiger partial charge in [0.25, 0.3) is 0 Å². The average Bonchev–Trinajstić information content (AvgIpc) is 3.02. The van der Waals surface area contributed by atoms with E-state index in [-0.39, 0.29) is 17.6 Å². The molecule has 0 bridgehead atoms. The van der Waals surface area contributed by atoms with Crippen LogP contribution < -0.4 is 15.4 Å². The average molecular weight is 350 g/mol. The molecule has 3 rings (SSSR count). The zero-order valence-electron chi connectivity index (χ0n) is 13.3. The third-order valence-electron chi connectivity index (χ3n) is 4.30. The molecule has 128 valence electrons. The zero-order chi connectivity index (χ0) is 16.9. The van der Waals surface area contributed by atoms with E-state index >= 15 is 0 Å². The molecule has 0 saturated carbocycles. The van der Waals surface area contributed by atoms with Crippen LogP contribution >= 0.6 is 11.3 Å². The van der Waals surface area contributed by atoms with Gasteiger partial charge in [-0.15, -0.1) is 11.3 Å². The third-order valence-corrected chi connectivity index (χ3v) is 5.17. The second-order valence-corrected chi connectivity index (χ2v) is 7.02. The van der Waals surface area contributed by atoms with Crippen molar-refractivity contribution >= 4 is 17.2 Å². The van der Waals surface area contributed by atoms with Crippen molar-refractivity contribution in [3.63, 3.8) is 0 Å². The first-order valence-corrected chi connectivity index (χ1v) is 8.92. The molecule has 5 nitrogen and oxygen atoms in total. The highest BCUT2D eigenvalue weighted by Crippen LogP contribution is 2.16. The molecule has 7 heteroatoms. The number of hydrogen-bond acceptors (Lipinski definition) is 4. The van der Waals surface area contributed by atoms with E-state index in [1.54, 1.807) is 23.5 Å². The molecule has 0 aliphatic carbocycles. The first-order chi connectivity index (χ1) is 11.6. The maximum absolute atomic E-state index is 12.9. The van der Waals surface area contributed by atoms with Gasteiger partial charge in [-0.3, -0.25) is 4.79 Å². The molecule has 1 amide bonds. The second-order valence-electron chi connectivity index (χ2n) is 6.08. The Morgan fingerprint density at radius 1 is 1.33 bits per heavy atom. The summed E-state index contributed by atoms with van der Waals surface area (Å²) in [6.07, 6.45) is 1.71. The summed E-state index contributed by atoms with van der Waals surface area (Å²) in [4.78, 5) is 17.2. The maximum Gasteiger partial charge on any atom is 0.220 e. The first kappa shape index (κ1) is 16.9. The number of hydrogen-bond donors (Lipinski definition) is 2.